The molecule has 3 unspecified atom stereocenters. The van der Waals surface area contributed by atoms with Gasteiger partial charge in [-0.05, 0) is 43.1 Å². The quantitative estimate of drug-likeness (QED) is 0.571. The summed E-state index contributed by atoms with van der Waals surface area (Å²) in [6.45, 7) is 4.16. The van der Waals surface area contributed by atoms with Gasteiger partial charge in [-0.15, -0.1) is 0 Å². The Bertz CT molecular complexity index is 791. The second-order valence-electron chi connectivity index (χ2n) is 7.49. The molecule has 130 valence electrons. The molecule has 0 radical (unpaired) electrons. The third kappa shape index (κ3) is 2.39. The first-order valence-corrected chi connectivity index (χ1v) is 8.67. The van der Waals surface area contributed by atoms with Gasteiger partial charge in [0.05, 0.1) is 5.57 Å². The molecule has 0 aromatic heterocycles. The van der Waals surface area contributed by atoms with Crippen LogP contribution in [0, 0.1) is 17.8 Å². The lowest BCUT2D eigenvalue weighted by molar-refractivity contribution is -0.138. The van der Waals surface area contributed by atoms with Gasteiger partial charge in [-0.2, -0.15) is 0 Å². The van der Waals surface area contributed by atoms with Crippen LogP contribution in [0.4, 0.5) is 0 Å². The highest BCUT2D eigenvalue weighted by molar-refractivity contribution is 6.26. The van der Waals surface area contributed by atoms with Crippen molar-refractivity contribution >= 4 is 23.6 Å². The fourth-order valence-corrected chi connectivity index (χ4v) is 4.64. The number of likely N-dealkylation sites (tertiary alicyclic amines) is 1. The van der Waals surface area contributed by atoms with Gasteiger partial charge in [0.25, 0.3) is 23.6 Å². The largest absolute Gasteiger partial charge is 0.278 e. The van der Waals surface area contributed by atoms with Crippen LogP contribution in [-0.2, 0) is 19.2 Å². The third-order valence-corrected chi connectivity index (χ3v) is 6.07. The lowest BCUT2D eigenvalue weighted by Crippen LogP contribution is -2.36. The number of carbonyl (C=O) groups is 4. The number of hydrogen-bond acceptors (Lipinski definition) is 4. The second-order valence-corrected chi connectivity index (χ2v) is 7.49. The number of imide groups is 2. The van der Waals surface area contributed by atoms with Crippen molar-refractivity contribution in [2.24, 2.45) is 17.8 Å². The average Bonchev–Trinajstić information content (AvgIpc) is 3.31. The fraction of sp³-hybridized carbons (Fsp3) is 0.474. The highest BCUT2D eigenvalue weighted by atomic mass is 16.2. The maximum Gasteiger partial charge on any atom is 0.261 e. The van der Waals surface area contributed by atoms with Gasteiger partial charge < -0.3 is 0 Å². The monoisotopic (exact) mass is 340 g/mol. The standard InChI is InChI=1S/C19H20N2O4/c1-10-15(7-13-8-16(22)20(2)18(13)24)19(25)21(17(10)23)9-14-6-11-3-4-12(14)5-11/h7-8,11-12,14H,1,3-6,9H2,2H3/b15-7+. The van der Waals surface area contributed by atoms with E-state index in [4.69, 9.17) is 0 Å². The summed E-state index contributed by atoms with van der Waals surface area (Å²) in [6, 6.07) is 0. The van der Waals surface area contributed by atoms with Crippen molar-refractivity contribution < 1.29 is 19.2 Å². The summed E-state index contributed by atoms with van der Waals surface area (Å²) in [7, 11) is 1.38. The number of hydrogen-bond donors (Lipinski definition) is 0. The second kappa shape index (κ2) is 5.51. The van der Waals surface area contributed by atoms with Crippen molar-refractivity contribution in [2.45, 2.75) is 25.7 Å². The summed E-state index contributed by atoms with van der Waals surface area (Å²) >= 11 is 0. The van der Waals surface area contributed by atoms with Gasteiger partial charge in [0.15, 0.2) is 0 Å². The Balaban J connectivity index is 1.56. The van der Waals surface area contributed by atoms with Crippen molar-refractivity contribution in [1.29, 1.82) is 0 Å². The van der Waals surface area contributed by atoms with E-state index in [1.165, 1.54) is 43.4 Å². The van der Waals surface area contributed by atoms with E-state index in [1.807, 2.05) is 0 Å². The molecule has 3 atom stereocenters. The van der Waals surface area contributed by atoms with Gasteiger partial charge in [0.2, 0.25) is 0 Å². The third-order valence-electron chi connectivity index (χ3n) is 6.07. The van der Waals surface area contributed by atoms with Crippen LogP contribution in [-0.4, -0.2) is 47.0 Å². The number of nitrogens with zero attached hydrogens (tertiary/aromatic N) is 2. The molecule has 2 saturated carbocycles. The molecule has 6 heteroatoms. The SMILES string of the molecule is C=C1C(=O)N(CC2CC3CCC2C3)C(=O)/C1=C/C1=CC(=O)N(C)C1=O. The molecule has 0 aromatic carbocycles. The van der Waals surface area contributed by atoms with Crippen LogP contribution in [0.2, 0.25) is 0 Å². The van der Waals surface area contributed by atoms with E-state index in [9.17, 15) is 19.2 Å². The molecule has 4 rings (SSSR count). The van der Waals surface area contributed by atoms with Gasteiger partial charge in [0.1, 0.15) is 0 Å². The van der Waals surface area contributed by atoms with Crippen molar-refractivity contribution in [3.05, 3.63) is 35.5 Å². The van der Waals surface area contributed by atoms with Gasteiger partial charge >= 0.3 is 0 Å². The molecule has 25 heavy (non-hydrogen) atoms. The Morgan fingerprint density at radius 1 is 1.12 bits per heavy atom. The zero-order valence-electron chi connectivity index (χ0n) is 14.2. The molecular formula is C19H20N2O4. The van der Waals surface area contributed by atoms with E-state index in [1.54, 1.807) is 0 Å². The van der Waals surface area contributed by atoms with E-state index in [-0.39, 0.29) is 22.6 Å². The molecule has 4 aliphatic rings. The summed E-state index contributed by atoms with van der Waals surface area (Å²) in [5.74, 6) is 0.0216. The van der Waals surface area contributed by atoms with Crippen LogP contribution in [0.15, 0.2) is 35.5 Å². The number of carbonyl (C=O) groups excluding carboxylic acids is 4. The van der Waals surface area contributed by atoms with Crippen molar-refractivity contribution in [2.75, 3.05) is 13.6 Å². The fourth-order valence-electron chi connectivity index (χ4n) is 4.64. The van der Waals surface area contributed by atoms with Gasteiger partial charge in [-0.1, -0.05) is 13.0 Å². The van der Waals surface area contributed by atoms with Crippen LogP contribution in [0.5, 0.6) is 0 Å². The van der Waals surface area contributed by atoms with E-state index in [0.717, 1.165) is 17.2 Å². The number of amides is 4. The summed E-state index contributed by atoms with van der Waals surface area (Å²) in [5.41, 5.74) is 0.339. The van der Waals surface area contributed by atoms with E-state index in [2.05, 4.69) is 6.58 Å². The molecule has 2 heterocycles. The Morgan fingerprint density at radius 2 is 1.88 bits per heavy atom. The molecule has 0 N–H and O–H groups in total. The van der Waals surface area contributed by atoms with Crippen LogP contribution < -0.4 is 0 Å². The van der Waals surface area contributed by atoms with Crippen LogP contribution >= 0.6 is 0 Å². The van der Waals surface area contributed by atoms with E-state index >= 15 is 0 Å². The predicted octanol–water partition coefficient (Wildman–Crippen LogP) is 1.20. The van der Waals surface area contributed by atoms with Crippen LogP contribution in [0.25, 0.3) is 0 Å². The lowest BCUT2D eigenvalue weighted by atomic mass is 9.88. The molecule has 2 aliphatic carbocycles. The van der Waals surface area contributed by atoms with Crippen molar-refractivity contribution in [3.63, 3.8) is 0 Å². The zero-order valence-corrected chi connectivity index (χ0v) is 14.2. The summed E-state index contributed by atoms with van der Waals surface area (Å²) < 4.78 is 0. The van der Waals surface area contributed by atoms with Crippen LogP contribution in [0.3, 0.4) is 0 Å². The van der Waals surface area contributed by atoms with Crippen molar-refractivity contribution in [1.82, 2.24) is 9.80 Å². The average molecular weight is 340 g/mol. The lowest BCUT2D eigenvalue weighted by Gasteiger charge is -2.25. The summed E-state index contributed by atoms with van der Waals surface area (Å²) in [5, 5.41) is 0. The summed E-state index contributed by atoms with van der Waals surface area (Å²) in [4.78, 5) is 51.0. The first-order valence-electron chi connectivity index (χ1n) is 8.67. The molecule has 6 nitrogen and oxygen atoms in total. The maximum absolute atomic E-state index is 12.7. The molecule has 3 fully saturated rings. The first kappa shape index (κ1) is 16.0. The predicted molar refractivity (Wildman–Crippen MR) is 88.7 cm³/mol. The van der Waals surface area contributed by atoms with Gasteiger partial charge in [0, 0.05) is 30.8 Å². The van der Waals surface area contributed by atoms with E-state index < -0.39 is 17.7 Å². The Hall–Kier alpha value is -2.50. The smallest absolute Gasteiger partial charge is 0.261 e. The van der Waals surface area contributed by atoms with Crippen LogP contribution in [0.1, 0.15) is 25.7 Å². The Morgan fingerprint density at radius 3 is 2.44 bits per heavy atom. The summed E-state index contributed by atoms with van der Waals surface area (Å²) in [6.07, 6.45) is 7.24. The Labute approximate surface area is 145 Å². The number of rotatable bonds is 3. The molecule has 0 aromatic rings. The number of fused-ring (bicyclic) bond motifs is 2. The zero-order chi connectivity index (χ0) is 17.9. The molecular weight excluding hydrogens is 320 g/mol. The molecule has 2 aliphatic heterocycles. The van der Waals surface area contributed by atoms with Crippen molar-refractivity contribution in [3.8, 4) is 0 Å². The highest BCUT2D eigenvalue weighted by Crippen LogP contribution is 2.49. The Kier molecular flexibility index (Phi) is 3.52. The maximum atomic E-state index is 12.7. The van der Waals surface area contributed by atoms with Gasteiger partial charge in [-0.3, -0.25) is 29.0 Å². The minimum Gasteiger partial charge on any atom is -0.278 e. The molecule has 2 bridgehead atoms. The molecule has 4 amide bonds. The normalized spacial score (nSPS) is 33.5. The minimum atomic E-state index is -0.475. The number of likely N-dealkylation sites (N-methyl/N-ethyl adjacent to an activating group) is 1. The minimum absolute atomic E-state index is 0.101. The molecule has 0 spiro atoms. The van der Waals surface area contributed by atoms with E-state index in [0.29, 0.717) is 18.4 Å². The first-order chi connectivity index (χ1) is 11.9. The highest BCUT2D eigenvalue weighted by Gasteiger charge is 2.45. The molecule has 1 saturated heterocycles. The topological polar surface area (TPSA) is 74.8 Å². The van der Waals surface area contributed by atoms with Gasteiger partial charge in [-0.25, -0.2) is 0 Å².